The molecule has 0 spiro atoms. The quantitative estimate of drug-likeness (QED) is 0.736. The van der Waals surface area contributed by atoms with Crippen molar-refractivity contribution < 1.29 is 4.42 Å². The second-order valence-electron chi connectivity index (χ2n) is 3.82. The third-order valence-electron chi connectivity index (χ3n) is 2.45. The van der Waals surface area contributed by atoms with E-state index in [-0.39, 0.29) is 0 Å². The first-order chi connectivity index (χ1) is 7.08. The van der Waals surface area contributed by atoms with Gasteiger partial charge >= 0.3 is 0 Å². The standard InChI is InChI=1S/C12H13NOS/c1-7-4-8(2)11(9(3)5-7)10-6-13-12(15)14-10/h4-6H,1-3H3,(H,13,15). The zero-order valence-electron chi connectivity index (χ0n) is 9.05. The summed E-state index contributed by atoms with van der Waals surface area (Å²) < 4.78 is 5.43. The van der Waals surface area contributed by atoms with E-state index in [4.69, 9.17) is 16.6 Å². The van der Waals surface area contributed by atoms with Crippen LogP contribution in [0.25, 0.3) is 11.3 Å². The van der Waals surface area contributed by atoms with Gasteiger partial charge in [0.2, 0.25) is 0 Å². The Balaban J connectivity index is 2.67. The van der Waals surface area contributed by atoms with Crippen LogP contribution in [0, 0.1) is 25.6 Å². The van der Waals surface area contributed by atoms with Crippen LogP contribution in [0.1, 0.15) is 16.7 Å². The molecule has 0 aliphatic rings. The summed E-state index contributed by atoms with van der Waals surface area (Å²) in [4.78, 5) is 3.31. The van der Waals surface area contributed by atoms with Crippen LogP contribution in [0.15, 0.2) is 22.7 Å². The molecular weight excluding hydrogens is 206 g/mol. The van der Waals surface area contributed by atoms with Crippen LogP contribution in [0.4, 0.5) is 0 Å². The molecule has 0 amide bonds. The van der Waals surface area contributed by atoms with Crippen molar-refractivity contribution in [2.75, 3.05) is 0 Å². The minimum atomic E-state index is 0.421. The zero-order valence-corrected chi connectivity index (χ0v) is 9.87. The number of aryl methyl sites for hydroxylation is 3. The monoisotopic (exact) mass is 219 g/mol. The zero-order chi connectivity index (χ0) is 11.0. The maximum absolute atomic E-state index is 5.43. The lowest BCUT2D eigenvalue weighted by Crippen LogP contribution is -1.88. The van der Waals surface area contributed by atoms with Gasteiger partial charge in [0.05, 0.1) is 0 Å². The van der Waals surface area contributed by atoms with E-state index in [2.05, 4.69) is 37.9 Å². The number of nitrogens with one attached hydrogen (secondary N) is 1. The molecule has 1 aromatic carbocycles. The Morgan fingerprint density at radius 1 is 1.13 bits per heavy atom. The summed E-state index contributed by atoms with van der Waals surface area (Å²) in [6.07, 6.45) is 1.81. The average Bonchev–Trinajstić information content (AvgIpc) is 2.49. The molecule has 2 rings (SSSR count). The number of aromatic amines is 1. The fraction of sp³-hybridized carbons (Fsp3) is 0.250. The van der Waals surface area contributed by atoms with Crippen LogP contribution in [0.5, 0.6) is 0 Å². The first-order valence-electron chi connectivity index (χ1n) is 4.84. The predicted molar refractivity (Wildman–Crippen MR) is 63.5 cm³/mol. The van der Waals surface area contributed by atoms with Gasteiger partial charge in [0.15, 0.2) is 5.76 Å². The molecule has 1 heterocycles. The summed E-state index contributed by atoms with van der Waals surface area (Å²) in [5, 5.41) is 0. The van der Waals surface area contributed by atoms with Crippen molar-refractivity contribution in [3.05, 3.63) is 39.9 Å². The highest BCUT2D eigenvalue weighted by Gasteiger charge is 2.09. The van der Waals surface area contributed by atoms with Gasteiger partial charge in [-0.3, -0.25) is 0 Å². The first kappa shape index (κ1) is 10.2. The normalized spacial score (nSPS) is 10.6. The van der Waals surface area contributed by atoms with Gasteiger partial charge in [-0.2, -0.15) is 0 Å². The van der Waals surface area contributed by atoms with Crippen LogP contribution in [-0.2, 0) is 0 Å². The second kappa shape index (κ2) is 3.66. The van der Waals surface area contributed by atoms with Crippen LogP contribution in [-0.4, -0.2) is 4.98 Å². The van der Waals surface area contributed by atoms with E-state index in [1.54, 1.807) is 0 Å². The Morgan fingerprint density at radius 2 is 1.73 bits per heavy atom. The molecular formula is C12H13NOS. The van der Waals surface area contributed by atoms with E-state index in [9.17, 15) is 0 Å². The van der Waals surface area contributed by atoms with E-state index in [1.807, 2.05) is 6.20 Å². The van der Waals surface area contributed by atoms with Crippen molar-refractivity contribution in [2.45, 2.75) is 20.8 Å². The molecule has 2 nitrogen and oxygen atoms in total. The van der Waals surface area contributed by atoms with Gasteiger partial charge in [-0.05, 0) is 44.1 Å². The number of hydrogen-bond acceptors (Lipinski definition) is 2. The van der Waals surface area contributed by atoms with Gasteiger partial charge in [-0.1, -0.05) is 17.7 Å². The van der Waals surface area contributed by atoms with E-state index in [0.717, 1.165) is 11.3 Å². The maximum Gasteiger partial charge on any atom is 0.266 e. The molecule has 0 unspecified atom stereocenters. The topological polar surface area (TPSA) is 28.9 Å². The molecule has 1 N–H and O–H groups in total. The molecule has 0 saturated carbocycles. The van der Waals surface area contributed by atoms with Gasteiger partial charge in [-0.25, -0.2) is 0 Å². The largest absolute Gasteiger partial charge is 0.429 e. The van der Waals surface area contributed by atoms with E-state index < -0.39 is 0 Å². The van der Waals surface area contributed by atoms with E-state index in [0.29, 0.717) is 4.84 Å². The molecule has 0 aliphatic carbocycles. The molecule has 0 bridgehead atoms. The smallest absolute Gasteiger partial charge is 0.266 e. The van der Waals surface area contributed by atoms with Crippen molar-refractivity contribution >= 4 is 12.2 Å². The third kappa shape index (κ3) is 1.88. The van der Waals surface area contributed by atoms with Gasteiger partial charge in [0, 0.05) is 11.8 Å². The van der Waals surface area contributed by atoms with Crippen molar-refractivity contribution in [3.8, 4) is 11.3 Å². The van der Waals surface area contributed by atoms with E-state index in [1.165, 1.54) is 16.7 Å². The van der Waals surface area contributed by atoms with Crippen LogP contribution in [0.2, 0.25) is 0 Å². The molecule has 0 atom stereocenters. The maximum atomic E-state index is 5.43. The molecule has 1 aromatic heterocycles. The number of hydrogen-bond donors (Lipinski definition) is 1. The molecule has 78 valence electrons. The highest BCUT2D eigenvalue weighted by atomic mass is 32.1. The molecule has 3 heteroatoms. The van der Waals surface area contributed by atoms with Crippen molar-refractivity contribution in [1.82, 2.24) is 4.98 Å². The van der Waals surface area contributed by atoms with Crippen LogP contribution >= 0.6 is 12.2 Å². The Labute approximate surface area is 94.0 Å². The SMILES string of the molecule is Cc1cc(C)c(-c2c[nH]c(=S)o2)c(C)c1. The van der Waals surface area contributed by atoms with Gasteiger partial charge in [-0.15, -0.1) is 0 Å². The van der Waals surface area contributed by atoms with Gasteiger partial charge in [0.25, 0.3) is 4.84 Å². The summed E-state index contributed by atoms with van der Waals surface area (Å²) in [7, 11) is 0. The molecule has 0 radical (unpaired) electrons. The Hall–Kier alpha value is -1.35. The summed E-state index contributed by atoms with van der Waals surface area (Å²) >= 11 is 4.92. The molecule has 2 aromatic rings. The predicted octanol–water partition coefficient (Wildman–Crippen LogP) is 3.93. The lowest BCUT2D eigenvalue weighted by molar-refractivity contribution is 0.554. The molecule has 0 aliphatic heterocycles. The molecule has 15 heavy (non-hydrogen) atoms. The number of rotatable bonds is 1. The van der Waals surface area contributed by atoms with Crippen molar-refractivity contribution in [2.24, 2.45) is 0 Å². The first-order valence-corrected chi connectivity index (χ1v) is 5.25. The van der Waals surface area contributed by atoms with Crippen LogP contribution < -0.4 is 0 Å². The third-order valence-corrected chi connectivity index (χ3v) is 2.65. The fourth-order valence-electron chi connectivity index (χ4n) is 1.98. The summed E-state index contributed by atoms with van der Waals surface area (Å²) in [5.41, 5.74) is 4.83. The van der Waals surface area contributed by atoms with Crippen LogP contribution in [0.3, 0.4) is 0 Å². The average molecular weight is 219 g/mol. The van der Waals surface area contributed by atoms with Crippen molar-refractivity contribution in [1.29, 1.82) is 0 Å². The Morgan fingerprint density at radius 3 is 2.20 bits per heavy atom. The number of aromatic nitrogens is 1. The molecule has 0 saturated heterocycles. The molecule has 0 fully saturated rings. The highest BCUT2D eigenvalue weighted by molar-refractivity contribution is 7.71. The minimum Gasteiger partial charge on any atom is -0.429 e. The number of oxazole rings is 1. The Bertz CT molecular complexity index is 528. The second-order valence-corrected chi connectivity index (χ2v) is 4.19. The summed E-state index contributed by atoms with van der Waals surface area (Å²) in [6, 6.07) is 4.29. The number of benzene rings is 1. The summed E-state index contributed by atoms with van der Waals surface area (Å²) in [6.45, 7) is 6.26. The minimum absolute atomic E-state index is 0.421. The van der Waals surface area contributed by atoms with Crippen molar-refractivity contribution in [3.63, 3.8) is 0 Å². The highest BCUT2D eigenvalue weighted by Crippen LogP contribution is 2.28. The van der Waals surface area contributed by atoms with Gasteiger partial charge < -0.3 is 9.40 Å². The van der Waals surface area contributed by atoms with E-state index >= 15 is 0 Å². The number of H-pyrrole nitrogens is 1. The summed E-state index contributed by atoms with van der Waals surface area (Å²) in [5.74, 6) is 0.815. The lowest BCUT2D eigenvalue weighted by Gasteiger charge is -2.07. The Kier molecular flexibility index (Phi) is 2.49. The lowest BCUT2D eigenvalue weighted by atomic mass is 9.98. The van der Waals surface area contributed by atoms with Gasteiger partial charge in [0.1, 0.15) is 0 Å². The fourth-order valence-corrected chi connectivity index (χ4v) is 2.12.